The van der Waals surface area contributed by atoms with Crippen LogP contribution in [0.1, 0.15) is 12.5 Å². The summed E-state index contributed by atoms with van der Waals surface area (Å²) in [6, 6.07) is 13.8. The fourth-order valence-electron chi connectivity index (χ4n) is 2.93. The smallest absolute Gasteiger partial charge is 0.410 e. The van der Waals surface area contributed by atoms with Gasteiger partial charge in [-0.3, -0.25) is 10.3 Å². The molecule has 0 saturated heterocycles. The van der Waals surface area contributed by atoms with Crippen molar-refractivity contribution in [3.05, 3.63) is 54.1 Å². The summed E-state index contributed by atoms with van der Waals surface area (Å²) in [4.78, 5) is 15.3. The molecular weight excluding hydrogens is 358 g/mol. The van der Waals surface area contributed by atoms with E-state index < -0.39 is 18.2 Å². The Balaban J connectivity index is 1.93. The summed E-state index contributed by atoms with van der Waals surface area (Å²) in [5, 5.41) is 11.1. The Morgan fingerprint density at radius 2 is 1.96 bits per heavy atom. The van der Waals surface area contributed by atoms with Gasteiger partial charge in [-0.1, -0.05) is 30.3 Å². The van der Waals surface area contributed by atoms with Crippen molar-refractivity contribution in [1.29, 1.82) is 0 Å². The monoisotopic (exact) mass is 376 g/mol. The van der Waals surface area contributed by atoms with E-state index in [1.54, 1.807) is 12.1 Å². The molecule has 1 atom stereocenters. The minimum Gasteiger partial charge on any atom is -0.465 e. The molecule has 0 aromatic heterocycles. The zero-order chi connectivity index (χ0) is 19.4. The molecule has 27 heavy (non-hydrogen) atoms. The van der Waals surface area contributed by atoms with Gasteiger partial charge in [-0.15, -0.1) is 0 Å². The molecule has 0 aliphatic carbocycles. The number of carbonyl (C=O) groups is 1. The first kappa shape index (κ1) is 18.8. The number of aliphatic imine (C=N–C) groups is 1. The number of ether oxygens (including phenoxy) is 2. The van der Waals surface area contributed by atoms with Crippen LogP contribution in [0.2, 0.25) is 0 Å². The zero-order valence-electron chi connectivity index (χ0n) is 14.5. The summed E-state index contributed by atoms with van der Waals surface area (Å²) in [5.74, 6) is 0.306. The third-order valence-electron chi connectivity index (χ3n) is 4.13. The molecule has 0 bridgehead atoms. The molecule has 8 heteroatoms. The van der Waals surface area contributed by atoms with E-state index in [1.165, 1.54) is 12.1 Å². The highest BCUT2D eigenvalue weighted by molar-refractivity contribution is 5.96. The fourth-order valence-corrected chi connectivity index (χ4v) is 2.93. The SMILES string of the molecule is CC1(c2cccc(-c3cccc(OC(F)F)c3)c2)COCC(NC(=O)O)=N1. The van der Waals surface area contributed by atoms with Crippen LogP contribution < -0.4 is 10.1 Å². The van der Waals surface area contributed by atoms with Crippen LogP contribution in [0.3, 0.4) is 0 Å². The predicted molar refractivity (Wildman–Crippen MR) is 95.3 cm³/mol. The van der Waals surface area contributed by atoms with Gasteiger partial charge < -0.3 is 14.6 Å². The number of alkyl halides is 2. The molecule has 6 nitrogen and oxygen atoms in total. The topological polar surface area (TPSA) is 80.2 Å². The van der Waals surface area contributed by atoms with Crippen LogP contribution in [0, 0.1) is 0 Å². The molecule has 1 aliphatic rings. The highest BCUT2D eigenvalue weighted by atomic mass is 19.3. The number of hydrogen-bond donors (Lipinski definition) is 2. The summed E-state index contributed by atoms with van der Waals surface area (Å²) in [5.41, 5.74) is 1.54. The maximum absolute atomic E-state index is 12.4. The van der Waals surface area contributed by atoms with E-state index in [0.29, 0.717) is 5.56 Å². The van der Waals surface area contributed by atoms with Crippen molar-refractivity contribution < 1.29 is 28.2 Å². The lowest BCUT2D eigenvalue weighted by Crippen LogP contribution is -2.42. The highest BCUT2D eigenvalue weighted by Crippen LogP contribution is 2.32. The van der Waals surface area contributed by atoms with Gasteiger partial charge in [0.15, 0.2) is 0 Å². The second-order valence-corrected chi connectivity index (χ2v) is 6.24. The number of hydrogen-bond acceptors (Lipinski definition) is 4. The number of carboxylic acid groups (broad SMARTS) is 1. The van der Waals surface area contributed by atoms with Gasteiger partial charge in [-0.25, -0.2) is 4.79 Å². The Hall–Kier alpha value is -3.00. The number of rotatable bonds is 4. The molecule has 142 valence electrons. The fraction of sp³-hybridized carbons (Fsp3) is 0.263. The third-order valence-corrected chi connectivity index (χ3v) is 4.13. The number of benzene rings is 2. The normalized spacial score (nSPS) is 19.5. The summed E-state index contributed by atoms with van der Waals surface area (Å²) in [6.45, 7) is -0.672. The molecule has 0 spiro atoms. The first-order valence-electron chi connectivity index (χ1n) is 8.18. The van der Waals surface area contributed by atoms with E-state index in [2.05, 4.69) is 15.0 Å². The molecule has 1 unspecified atom stereocenters. The summed E-state index contributed by atoms with van der Waals surface area (Å²) < 4.78 is 34.8. The minimum atomic E-state index is -2.89. The number of halogens is 2. The molecule has 0 fully saturated rings. The predicted octanol–water partition coefficient (Wildman–Crippen LogP) is 3.87. The average molecular weight is 376 g/mol. The van der Waals surface area contributed by atoms with Crippen molar-refractivity contribution in [1.82, 2.24) is 5.32 Å². The number of amidine groups is 1. The second-order valence-electron chi connectivity index (χ2n) is 6.24. The van der Waals surface area contributed by atoms with Gasteiger partial charge >= 0.3 is 12.7 Å². The molecule has 2 aromatic rings. The Morgan fingerprint density at radius 3 is 2.67 bits per heavy atom. The van der Waals surface area contributed by atoms with Crippen LogP contribution in [0.4, 0.5) is 13.6 Å². The van der Waals surface area contributed by atoms with Gasteiger partial charge in [0, 0.05) is 0 Å². The van der Waals surface area contributed by atoms with Gasteiger partial charge in [0.1, 0.15) is 23.7 Å². The first-order valence-corrected chi connectivity index (χ1v) is 8.18. The van der Waals surface area contributed by atoms with Gasteiger partial charge in [0.25, 0.3) is 0 Å². The highest BCUT2D eigenvalue weighted by Gasteiger charge is 2.31. The van der Waals surface area contributed by atoms with Gasteiger partial charge in [-0.2, -0.15) is 8.78 Å². The van der Waals surface area contributed by atoms with E-state index in [9.17, 15) is 13.6 Å². The lowest BCUT2D eigenvalue weighted by Gasteiger charge is -2.31. The van der Waals surface area contributed by atoms with E-state index in [4.69, 9.17) is 9.84 Å². The molecule has 1 aliphatic heterocycles. The molecule has 1 heterocycles. The maximum atomic E-state index is 12.4. The molecule has 2 aromatic carbocycles. The van der Waals surface area contributed by atoms with Gasteiger partial charge in [0.05, 0.1) is 6.61 Å². The number of amides is 1. The minimum absolute atomic E-state index is 0.0751. The molecular formula is C19H18F2N2O4. The van der Waals surface area contributed by atoms with E-state index in [0.717, 1.165) is 11.1 Å². The lowest BCUT2D eigenvalue weighted by molar-refractivity contribution is -0.0498. The van der Waals surface area contributed by atoms with Crippen LogP contribution in [-0.4, -0.2) is 36.9 Å². The van der Waals surface area contributed by atoms with E-state index in [1.807, 2.05) is 31.2 Å². The summed E-state index contributed by atoms with van der Waals surface area (Å²) >= 11 is 0. The number of nitrogens with one attached hydrogen (secondary N) is 1. The standard InChI is InChI=1S/C19H18F2N2O4/c1-19(11-26-10-16(23-19)22-18(24)25)14-6-2-4-12(8-14)13-5-3-7-15(9-13)27-17(20)21/h2-9,17H,10-11H2,1H3,(H,22,23)(H,24,25). The van der Waals surface area contributed by atoms with Crippen LogP contribution in [0.5, 0.6) is 5.75 Å². The van der Waals surface area contributed by atoms with E-state index in [-0.39, 0.29) is 24.8 Å². The average Bonchev–Trinajstić information content (AvgIpc) is 2.61. The Morgan fingerprint density at radius 1 is 1.26 bits per heavy atom. The summed E-state index contributed by atoms with van der Waals surface area (Å²) in [6.07, 6.45) is -1.20. The molecule has 3 rings (SSSR count). The number of nitrogens with zero attached hydrogens (tertiary/aromatic N) is 1. The van der Waals surface area contributed by atoms with Crippen molar-refractivity contribution in [2.45, 2.75) is 19.1 Å². The van der Waals surface area contributed by atoms with E-state index >= 15 is 0 Å². The molecule has 0 radical (unpaired) electrons. The van der Waals surface area contributed by atoms with Crippen LogP contribution >= 0.6 is 0 Å². The van der Waals surface area contributed by atoms with Gasteiger partial charge in [-0.05, 0) is 41.8 Å². The molecule has 0 saturated carbocycles. The van der Waals surface area contributed by atoms with Crippen molar-refractivity contribution in [3.63, 3.8) is 0 Å². The second kappa shape index (κ2) is 7.71. The lowest BCUT2D eigenvalue weighted by atomic mass is 9.90. The first-order chi connectivity index (χ1) is 12.9. The largest absolute Gasteiger partial charge is 0.465 e. The third kappa shape index (κ3) is 4.59. The van der Waals surface area contributed by atoms with Crippen molar-refractivity contribution in [2.75, 3.05) is 13.2 Å². The van der Waals surface area contributed by atoms with Crippen molar-refractivity contribution in [3.8, 4) is 16.9 Å². The van der Waals surface area contributed by atoms with Crippen LogP contribution in [0.15, 0.2) is 53.5 Å². The van der Waals surface area contributed by atoms with Crippen LogP contribution in [-0.2, 0) is 10.3 Å². The van der Waals surface area contributed by atoms with Crippen LogP contribution in [0.25, 0.3) is 11.1 Å². The van der Waals surface area contributed by atoms with Crippen molar-refractivity contribution >= 4 is 11.9 Å². The Kier molecular flexibility index (Phi) is 5.36. The summed E-state index contributed by atoms with van der Waals surface area (Å²) in [7, 11) is 0. The quantitative estimate of drug-likeness (QED) is 0.849. The molecule has 1 amide bonds. The van der Waals surface area contributed by atoms with Gasteiger partial charge in [0.2, 0.25) is 0 Å². The van der Waals surface area contributed by atoms with Crippen molar-refractivity contribution in [2.24, 2.45) is 4.99 Å². The Labute approximate surface area is 154 Å². The molecule has 2 N–H and O–H groups in total. The Bertz CT molecular complexity index is 872. The maximum Gasteiger partial charge on any atom is 0.410 e. The zero-order valence-corrected chi connectivity index (χ0v) is 14.5.